The predicted molar refractivity (Wildman–Crippen MR) is 142 cm³/mol. The highest BCUT2D eigenvalue weighted by Gasteiger charge is 2.29. The average Bonchev–Trinajstić information content (AvgIpc) is 2.76. The Balaban J connectivity index is 1.83. The summed E-state index contributed by atoms with van der Waals surface area (Å²) in [5.74, 6) is -0.0659. The van der Waals surface area contributed by atoms with Gasteiger partial charge in [0.15, 0.2) is 6.61 Å². The summed E-state index contributed by atoms with van der Waals surface area (Å²) in [6.45, 7) is 7.25. The zero-order valence-corrected chi connectivity index (χ0v) is 22.6. The zero-order valence-electron chi connectivity index (χ0n) is 19.5. The SMILES string of the molecule is C[C@@H](C(=O)NC(C)(C)C)N(Cc1ccc(Cl)cc1Cl)C(=O)COc1ccc2ccccc2c1Br. The van der Waals surface area contributed by atoms with Crippen LogP contribution in [0.5, 0.6) is 5.75 Å². The molecule has 0 aliphatic carbocycles. The van der Waals surface area contributed by atoms with Crippen molar-refractivity contribution >= 4 is 61.7 Å². The standard InChI is InChI=1S/C26H27BrCl2N2O3/c1-16(25(33)30-26(2,3)4)31(14-18-9-11-19(28)13-21(18)29)23(32)15-34-22-12-10-17-7-5-6-8-20(17)24(22)27/h5-13,16H,14-15H2,1-4H3,(H,30,33)/t16-/m0/s1. The molecule has 0 spiro atoms. The Labute approximate surface area is 218 Å². The van der Waals surface area contributed by atoms with Crippen LogP contribution in [0.25, 0.3) is 10.8 Å². The van der Waals surface area contributed by atoms with Crippen LogP contribution < -0.4 is 10.1 Å². The van der Waals surface area contributed by atoms with Gasteiger partial charge in [-0.2, -0.15) is 0 Å². The molecule has 0 fully saturated rings. The highest BCUT2D eigenvalue weighted by molar-refractivity contribution is 9.10. The normalized spacial score (nSPS) is 12.3. The molecule has 0 aliphatic heterocycles. The minimum Gasteiger partial charge on any atom is -0.483 e. The first-order valence-electron chi connectivity index (χ1n) is 10.8. The van der Waals surface area contributed by atoms with E-state index in [0.29, 0.717) is 21.4 Å². The quantitative estimate of drug-likeness (QED) is 0.350. The van der Waals surface area contributed by atoms with Gasteiger partial charge in [-0.1, -0.05) is 59.6 Å². The Morgan fingerprint density at radius 1 is 1.09 bits per heavy atom. The molecule has 8 heteroatoms. The maximum absolute atomic E-state index is 13.3. The van der Waals surface area contributed by atoms with E-state index in [-0.39, 0.29) is 25.0 Å². The van der Waals surface area contributed by atoms with Crippen molar-refractivity contribution in [3.05, 3.63) is 74.7 Å². The lowest BCUT2D eigenvalue weighted by Gasteiger charge is -2.31. The lowest BCUT2D eigenvalue weighted by molar-refractivity contribution is -0.142. The van der Waals surface area contributed by atoms with Gasteiger partial charge >= 0.3 is 0 Å². The first kappa shape index (κ1) is 26.3. The van der Waals surface area contributed by atoms with Crippen LogP contribution in [0, 0.1) is 0 Å². The Morgan fingerprint density at radius 2 is 1.79 bits per heavy atom. The summed E-state index contributed by atoms with van der Waals surface area (Å²) in [5, 5.41) is 5.89. The number of rotatable bonds is 7. The summed E-state index contributed by atoms with van der Waals surface area (Å²) in [5.41, 5.74) is 0.242. The predicted octanol–water partition coefficient (Wildman–Crippen LogP) is 6.62. The lowest BCUT2D eigenvalue weighted by atomic mass is 10.1. The van der Waals surface area contributed by atoms with Crippen molar-refractivity contribution in [2.75, 3.05) is 6.61 Å². The fourth-order valence-corrected chi connectivity index (χ4v) is 4.51. The molecule has 0 saturated carbocycles. The molecular formula is C26H27BrCl2N2O3. The van der Waals surface area contributed by atoms with Gasteiger partial charge in [0.05, 0.1) is 4.47 Å². The Bertz CT molecular complexity index is 1210. The number of benzene rings is 3. The van der Waals surface area contributed by atoms with E-state index in [9.17, 15) is 9.59 Å². The number of ether oxygens (including phenoxy) is 1. The second-order valence-corrected chi connectivity index (χ2v) is 10.7. The molecule has 5 nitrogen and oxygen atoms in total. The topological polar surface area (TPSA) is 58.6 Å². The van der Waals surface area contributed by atoms with E-state index in [1.54, 1.807) is 25.1 Å². The number of amides is 2. The molecule has 2 amide bonds. The van der Waals surface area contributed by atoms with Crippen molar-refractivity contribution in [2.24, 2.45) is 0 Å². The lowest BCUT2D eigenvalue weighted by Crippen LogP contribution is -2.53. The van der Waals surface area contributed by atoms with Gasteiger partial charge in [-0.25, -0.2) is 0 Å². The number of hydrogen-bond donors (Lipinski definition) is 1. The van der Waals surface area contributed by atoms with Crippen molar-refractivity contribution in [1.82, 2.24) is 10.2 Å². The van der Waals surface area contributed by atoms with Gasteiger partial charge in [-0.05, 0) is 78.2 Å². The summed E-state index contributed by atoms with van der Waals surface area (Å²) in [6, 6.07) is 15.9. The summed E-state index contributed by atoms with van der Waals surface area (Å²) >= 11 is 16.0. The van der Waals surface area contributed by atoms with Gasteiger partial charge in [0.1, 0.15) is 11.8 Å². The number of halogens is 3. The number of fused-ring (bicyclic) bond motifs is 1. The number of hydrogen-bond acceptors (Lipinski definition) is 3. The van der Waals surface area contributed by atoms with E-state index in [0.717, 1.165) is 15.2 Å². The minimum absolute atomic E-state index is 0.135. The van der Waals surface area contributed by atoms with Gasteiger partial charge in [-0.3, -0.25) is 9.59 Å². The third-order valence-corrected chi connectivity index (χ3v) is 6.61. The molecule has 3 aromatic rings. The van der Waals surface area contributed by atoms with Crippen LogP contribution in [-0.4, -0.2) is 34.9 Å². The molecule has 0 unspecified atom stereocenters. The molecule has 0 bridgehead atoms. The van der Waals surface area contributed by atoms with E-state index in [1.807, 2.05) is 57.2 Å². The zero-order chi connectivity index (χ0) is 25.0. The largest absolute Gasteiger partial charge is 0.483 e. The maximum Gasteiger partial charge on any atom is 0.261 e. The number of nitrogens with one attached hydrogen (secondary N) is 1. The third-order valence-electron chi connectivity index (χ3n) is 5.20. The number of carbonyl (C=O) groups is 2. The molecule has 1 atom stereocenters. The highest BCUT2D eigenvalue weighted by atomic mass is 79.9. The molecule has 0 heterocycles. The van der Waals surface area contributed by atoms with Crippen molar-refractivity contribution in [3.8, 4) is 5.75 Å². The van der Waals surface area contributed by atoms with Gasteiger partial charge in [0.25, 0.3) is 5.91 Å². The summed E-state index contributed by atoms with van der Waals surface area (Å²) < 4.78 is 6.65. The second kappa shape index (κ2) is 11.0. The fraction of sp³-hybridized carbons (Fsp3) is 0.308. The molecule has 0 aliphatic rings. The van der Waals surface area contributed by atoms with Gasteiger partial charge in [0, 0.05) is 22.1 Å². The first-order chi connectivity index (χ1) is 16.0. The van der Waals surface area contributed by atoms with Crippen LogP contribution in [0.1, 0.15) is 33.3 Å². The van der Waals surface area contributed by atoms with Crippen LogP contribution >= 0.6 is 39.1 Å². The minimum atomic E-state index is -0.748. The summed E-state index contributed by atoms with van der Waals surface area (Å²) in [6.07, 6.45) is 0. The Kier molecular flexibility index (Phi) is 8.50. The molecule has 3 aromatic carbocycles. The van der Waals surface area contributed by atoms with Crippen LogP contribution in [0.15, 0.2) is 59.1 Å². The van der Waals surface area contributed by atoms with Crippen molar-refractivity contribution in [1.29, 1.82) is 0 Å². The van der Waals surface area contributed by atoms with E-state index >= 15 is 0 Å². The molecule has 34 heavy (non-hydrogen) atoms. The van der Waals surface area contributed by atoms with Crippen LogP contribution in [0.3, 0.4) is 0 Å². The van der Waals surface area contributed by atoms with Gasteiger partial charge in [0.2, 0.25) is 5.91 Å². The smallest absolute Gasteiger partial charge is 0.261 e. The second-order valence-electron chi connectivity index (χ2n) is 9.06. The molecule has 180 valence electrons. The highest BCUT2D eigenvalue weighted by Crippen LogP contribution is 2.33. The van der Waals surface area contributed by atoms with Crippen LogP contribution in [0.4, 0.5) is 0 Å². The third kappa shape index (κ3) is 6.65. The number of nitrogens with zero attached hydrogens (tertiary/aromatic N) is 1. The molecule has 0 aromatic heterocycles. The summed E-state index contributed by atoms with van der Waals surface area (Å²) in [7, 11) is 0. The van der Waals surface area contributed by atoms with Crippen LogP contribution in [0.2, 0.25) is 10.0 Å². The monoisotopic (exact) mass is 564 g/mol. The Morgan fingerprint density at radius 3 is 2.47 bits per heavy atom. The molecule has 1 N–H and O–H groups in total. The Hall–Kier alpha value is -2.28. The van der Waals surface area contributed by atoms with Crippen LogP contribution in [-0.2, 0) is 16.1 Å². The van der Waals surface area contributed by atoms with E-state index in [2.05, 4.69) is 21.2 Å². The van der Waals surface area contributed by atoms with E-state index in [1.165, 1.54) is 4.90 Å². The molecular weight excluding hydrogens is 539 g/mol. The first-order valence-corrected chi connectivity index (χ1v) is 12.4. The maximum atomic E-state index is 13.3. The molecule has 0 saturated heterocycles. The fourth-order valence-electron chi connectivity index (χ4n) is 3.44. The molecule has 0 radical (unpaired) electrons. The van der Waals surface area contributed by atoms with Crippen molar-refractivity contribution in [2.45, 2.75) is 45.8 Å². The average molecular weight is 566 g/mol. The van der Waals surface area contributed by atoms with E-state index < -0.39 is 11.6 Å². The van der Waals surface area contributed by atoms with E-state index in [4.69, 9.17) is 27.9 Å². The van der Waals surface area contributed by atoms with Gasteiger partial charge in [-0.15, -0.1) is 0 Å². The van der Waals surface area contributed by atoms with Crippen molar-refractivity contribution < 1.29 is 14.3 Å². The number of carbonyl (C=O) groups excluding carboxylic acids is 2. The molecule has 3 rings (SSSR count). The van der Waals surface area contributed by atoms with Gasteiger partial charge < -0.3 is 15.0 Å². The van der Waals surface area contributed by atoms with Crippen molar-refractivity contribution in [3.63, 3.8) is 0 Å². The summed E-state index contributed by atoms with van der Waals surface area (Å²) in [4.78, 5) is 27.7.